The van der Waals surface area contributed by atoms with Crippen molar-refractivity contribution in [1.29, 1.82) is 5.26 Å². The molecule has 0 radical (unpaired) electrons. The molecular weight excluding hydrogens is 424 g/mol. The van der Waals surface area contributed by atoms with E-state index in [1.807, 2.05) is 37.3 Å². The van der Waals surface area contributed by atoms with Crippen molar-refractivity contribution in [3.63, 3.8) is 0 Å². The second-order valence-corrected chi connectivity index (χ2v) is 7.89. The molecule has 2 heterocycles. The lowest BCUT2D eigenvalue weighted by molar-refractivity contribution is 0.0734. The average Bonchev–Trinajstić information content (AvgIpc) is 3.45. The lowest BCUT2D eigenvalue weighted by Gasteiger charge is -2.09. The second kappa shape index (κ2) is 8.92. The van der Waals surface area contributed by atoms with Crippen molar-refractivity contribution in [2.75, 3.05) is 7.11 Å². The number of nitrogens with one attached hydrogen (secondary N) is 1. The zero-order valence-electron chi connectivity index (χ0n) is 17.3. The number of fused-ring (bicyclic) bond motifs is 1. The maximum absolute atomic E-state index is 13.2. The van der Waals surface area contributed by atoms with Gasteiger partial charge in [-0.3, -0.25) is 4.79 Å². The van der Waals surface area contributed by atoms with Crippen LogP contribution in [0.25, 0.3) is 17.0 Å². The number of benzene rings is 2. The minimum atomic E-state index is -0.482. The Morgan fingerprint density at radius 3 is 2.62 bits per heavy atom. The van der Waals surface area contributed by atoms with Crippen LogP contribution in [-0.4, -0.2) is 23.8 Å². The van der Waals surface area contributed by atoms with Gasteiger partial charge in [0.15, 0.2) is 11.5 Å². The number of aromatic nitrogens is 1. The van der Waals surface area contributed by atoms with E-state index < -0.39 is 5.97 Å². The van der Waals surface area contributed by atoms with E-state index in [0.717, 1.165) is 10.9 Å². The van der Waals surface area contributed by atoms with Crippen LogP contribution in [0, 0.1) is 18.3 Å². The second-order valence-electron chi connectivity index (χ2n) is 6.95. The zero-order chi connectivity index (χ0) is 22.7. The third-order valence-electron chi connectivity index (χ3n) is 4.91. The molecule has 0 aliphatic carbocycles. The van der Waals surface area contributed by atoms with Gasteiger partial charge in [-0.05, 0) is 48.2 Å². The smallest absolute Gasteiger partial charge is 0.353 e. The molecule has 0 saturated carbocycles. The van der Waals surface area contributed by atoms with Crippen LogP contribution in [0.1, 0.15) is 31.3 Å². The summed E-state index contributed by atoms with van der Waals surface area (Å²) in [6.07, 6.45) is 1.50. The number of rotatable bonds is 6. The number of para-hydroxylation sites is 1. The van der Waals surface area contributed by atoms with Crippen LogP contribution in [0.3, 0.4) is 0 Å². The van der Waals surface area contributed by atoms with Gasteiger partial charge in [0.1, 0.15) is 16.5 Å². The minimum Gasteiger partial charge on any atom is -0.493 e. The first-order valence-corrected chi connectivity index (χ1v) is 10.6. The van der Waals surface area contributed by atoms with Crippen molar-refractivity contribution in [3.05, 3.63) is 87.2 Å². The SMILES string of the molecule is COc1cc(/C=C(\C#N)C(=O)c2c(C)[nH]c3ccccc23)ccc1OC(=O)c1cccs1. The molecule has 0 unspecified atom stereocenters. The molecule has 4 aromatic rings. The number of allylic oxidation sites excluding steroid dienone is 1. The highest BCUT2D eigenvalue weighted by molar-refractivity contribution is 7.12. The highest BCUT2D eigenvalue weighted by atomic mass is 32.1. The first-order valence-electron chi connectivity index (χ1n) is 9.69. The van der Waals surface area contributed by atoms with Crippen LogP contribution in [0.4, 0.5) is 0 Å². The van der Waals surface area contributed by atoms with Gasteiger partial charge in [0.2, 0.25) is 5.78 Å². The van der Waals surface area contributed by atoms with Crippen LogP contribution in [-0.2, 0) is 0 Å². The number of hydrogen-bond donors (Lipinski definition) is 1. The fourth-order valence-corrected chi connectivity index (χ4v) is 4.02. The fourth-order valence-electron chi connectivity index (χ4n) is 3.42. The van der Waals surface area contributed by atoms with Crippen LogP contribution in [0.15, 0.2) is 65.6 Å². The number of aromatic amines is 1. The summed E-state index contributed by atoms with van der Waals surface area (Å²) in [6.45, 7) is 1.81. The number of ketones is 1. The number of ether oxygens (including phenoxy) is 2. The molecule has 6 nitrogen and oxygen atoms in total. The Morgan fingerprint density at radius 1 is 1.09 bits per heavy atom. The summed E-state index contributed by atoms with van der Waals surface area (Å²) >= 11 is 1.28. The summed E-state index contributed by atoms with van der Waals surface area (Å²) in [4.78, 5) is 29.1. The number of methoxy groups -OCH3 is 1. The number of esters is 1. The molecular formula is C25H18N2O4S. The highest BCUT2D eigenvalue weighted by Crippen LogP contribution is 2.31. The lowest BCUT2D eigenvalue weighted by atomic mass is 9.99. The molecule has 2 aromatic heterocycles. The van der Waals surface area contributed by atoms with Gasteiger partial charge in [-0.15, -0.1) is 11.3 Å². The first-order chi connectivity index (χ1) is 15.5. The standard InChI is InChI=1S/C25H18N2O4S/c1-15-23(18-6-3-4-7-19(18)27-15)24(28)17(14-26)12-16-9-10-20(21(13-16)30-2)31-25(29)22-8-5-11-32-22/h3-13,27H,1-2H3/b17-12+. The van der Waals surface area contributed by atoms with Gasteiger partial charge in [-0.2, -0.15) is 5.26 Å². The number of carbonyl (C=O) groups is 2. The maximum Gasteiger partial charge on any atom is 0.353 e. The van der Waals surface area contributed by atoms with Gasteiger partial charge in [0.25, 0.3) is 0 Å². The van der Waals surface area contributed by atoms with Crippen molar-refractivity contribution in [2.45, 2.75) is 6.92 Å². The number of H-pyrrole nitrogens is 1. The van der Waals surface area contributed by atoms with E-state index in [0.29, 0.717) is 27.4 Å². The van der Waals surface area contributed by atoms with Gasteiger partial charge in [-0.1, -0.05) is 30.3 Å². The predicted octanol–water partition coefficient (Wildman–Crippen LogP) is 5.56. The van der Waals surface area contributed by atoms with Gasteiger partial charge in [0, 0.05) is 16.6 Å². The normalized spacial score (nSPS) is 11.2. The van der Waals surface area contributed by atoms with Crippen molar-refractivity contribution in [1.82, 2.24) is 4.98 Å². The molecule has 0 fully saturated rings. The van der Waals surface area contributed by atoms with Crippen molar-refractivity contribution < 1.29 is 19.1 Å². The minimum absolute atomic E-state index is 0.0109. The van der Waals surface area contributed by atoms with Crippen LogP contribution >= 0.6 is 11.3 Å². The first kappa shape index (κ1) is 21.1. The van der Waals surface area contributed by atoms with Crippen LogP contribution in [0.2, 0.25) is 0 Å². The Balaban J connectivity index is 1.65. The number of carbonyl (C=O) groups excluding carboxylic acids is 2. The van der Waals surface area contributed by atoms with Crippen molar-refractivity contribution in [2.24, 2.45) is 0 Å². The summed E-state index contributed by atoms with van der Waals surface area (Å²) in [5.74, 6) is -0.282. The van der Waals surface area contributed by atoms with E-state index in [2.05, 4.69) is 4.98 Å². The van der Waals surface area contributed by atoms with E-state index in [9.17, 15) is 14.9 Å². The van der Waals surface area contributed by atoms with Gasteiger partial charge in [-0.25, -0.2) is 4.79 Å². The highest BCUT2D eigenvalue weighted by Gasteiger charge is 2.20. The summed E-state index contributed by atoms with van der Waals surface area (Å²) in [7, 11) is 1.46. The topological polar surface area (TPSA) is 92.2 Å². The number of thiophene rings is 1. The molecule has 4 rings (SSSR count). The predicted molar refractivity (Wildman–Crippen MR) is 123 cm³/mol. The Bertz CT molecular complexity index is 1390. The molecule has 0 spiro atoms. The van der Waals surface area contributed by atoms with E-state index >= 15 is 0 Å². The quantitative estimate of drug-likeness (QED) is 0.139. The van der Waals surface area contributed by atoms with Crippen LogP contribution in [0.5, 0.6) is 11.5 Å². The van der Waals surface area contributed by atoms with E-state index in [1.54, 1.807) is 35.7 Å². The number of nitriles is 1. The lowest BCUT2D eigenvalue weighted by Crippen LogP contribution is -2.07. The number of hydrogen-bond acceptors (Lipinski definition) is 6. The fraction of sp³-hybridized carbons (Fsp3) is 0.0800. The Hall–Kier alpha value is -4.15. The molecule has 158 valence electrons. The molecule has 7 heteroatoms. The monoisotopic (exact) mass is 442 g/mol. The third kappa shape index (κ3) is 4.04. The van der Waals surface area contributed by atoms with E-state index in [4.69, 9.17) is 9.47 Å². The largest absolute Gasteiger partial charge is 0.493 e. The van der Waals surface area contributed by atoms with E-state index in [-0.39, 0.29) is 17.1 Å². The average molecular weight is 442 g/mol. The molecule has 0 atom stereocenters. The molecule has 0 saturated heterocycles. The third-order valence-corrected chi connectivity index (χ3v) is 5.76. The van der Waals surface area contributed by atoms with E-state index in [1.165, 1.54) is 24.5 Å². The Kier molecular flexibility index (Phi) is 5.88. The van der Waals surface area contributed by atoms with Gasteiger partial charge >= 0.3 is 5.97 Å². The Labute approximate surface area is 188 Å². The van der Waals surface area contributed by atoms with Crippen LogP contribution < -0.4 is 9.47 Å². The molecule has 2 aromatic carbocycles. The van der Waals surface area contributed by atoms with Gasteiger partial charge in [0.05, 0.1) is 12.7 Å². The van der Waals surface area contributed by atoms with Crippen molar-refractivity contribution in [3.8, 4) is 17.6 Å². The number of nitrogens with zero attached hydrogens (tertiary/aromatic N) is 1. The summed E-state index contributed by atoms with van der Waals surface area (Å²) in [6, 6.07) is 17.8. The number of Topliss-reactive ketones (excluding diaryl/α,β-unsaturated/α-hetero) is 1. The molecule has 1 N–H and O–H groups in total. The summed E-state index contributed by atoms with van der Waals surface area (Å²) < 4.78 is 10.8. The number of aryl methyl sites for hydroxylation is 1. The summed E-state index contributed by atoms with van der Waals surface area (Å²) in [5.41, 5.74) is 2.57. The molecule has 32 heavy (non-hydrogen) atoms. The molecule has 0 bridgehead atoms. The summed E-state index contributed by atoms with van der Waals surface area (Å²) in [5, 5.41) is 12.2. The van der Waals surface area contributed by atoms with Crippen molar-refractivity contribution >= 4 is 40.1 Å². The zero-order valence-corrected chi connectivity index (χ0v) is 18.2. The van der Waals surface area contributed by atoms with Gasteiger partial charge < -0.3 is 14.5 Å². The molecule has 0 aliphatic heterocycles. The molecule has 0 aliphatic rings. The maximum atomic E-state index is 13.2. The Morgan fingerprint density at radius 2 is 1.91 bits per heavy atom. The molecule has 0 amide bonds.